The Labute approximate surface area is 127 Å². The van der Waals surface area contributed by atoms with Gasteiger partial charge in [-0.2, -0.15) is 11.8 Å². The molecule has 2 N–H and O–H groups in total. The average molecular weight is 343 g/mol. The van der Waals surface area contributed by atoms with E-state index < -0.39 is 5.54 Å². The van der Waals surface area contributed by atoms with Crippen LogP contribution in [0, 0.1) is 0 Å². The zero-order valence-corrected chi connectivity index (χ0v) is 13.6. The third-order valence-corrected chi connectivity index (χ3v) is 5.34. The first-order valence-corrected chi connectivity index (χ1v) is 8.27. The number of amides is 1. The minimum atomic E-state index is -0.970. The first-order valence-electron chi connectivity index (χ1n) is 6.33. The van der Waals surface area contributed by atoms with Crippen LogP contribution in [-0.4, -0.2) is 35.4 Å². The molecule has 1 heterocycles. The van der Waals surface area contributed by atoms with E-state index in [-0.39, 0.29) is 5.91 Å². The molecule has 0 aromatic heterocycles. The fourth-order valence-electron chi connectivity index (χ4n) is 2.28. The van der Waals surface area contributed by atoms with Crippen molar-refractivity contribution in [1.82, 2.24) is 4.90 Å². The molecule has 2 rings (SSSR count). The van der Waals surface area contributed by atoms with Crippen LogP contribution in [0.1, 0.15) is 18.9 Å². The summed E-state index contributed by atoms with van der Waals surface area (Å²) in [7, 11) is 1.86. The third-order valence-electron chi connectivity index (χ3n) is 3.66. The van der Waals surface area contributed by atoms with Gasteiger partial charge < -0.3 is 10.6 Å². The number of hydrogen-bond donors (Lipinski definition) is 1. The summed E-state index contributed by atoms with van der Waals surface area (Å²) in [6.07, 6.45) is 1.06. The molecule has 0 spiro atoms. The molecular weight excluding hydrogens is 324 g/mol. The van der Waals surface area contributed by atoms with Gasteiger partial charge in [0.1, 0.15) is 5.54 Å². The van der Waals surface area contributed by atoms with Gasteiger partial charge in [0.15, 0.2) is 0 Å². The topological polar surface area (TPSA) is 46.3 Å². The first-order chi connectivity index (χ1) is 8.93. The van der Waals surface area contributed by atoms with Crippen LogP contribution in [0.5, 0.6) is 0 Å². The fraction of sp³-hybridized carbons (Fsp3) is 0.500. The molecule has 1 fully saturated rings. The number of hydrogen-bond acceptors (Lipinski definition) is 3. The van der Waals surface area contributed by atoms with E-state index in [9.17, 15) is 4.79 Å². The van der Waals surface area contributed by atoms with Crippen molar-refractivity contribution in [2.45, 2.75) is 24.9 Å². The molecule has 104 valence electrons. The number of thioether (sulfide) groups is 1. The molecule has 2 atom stereocenters. The number of nitrogens with zero attached hydrogens (tertiary/aromatic N) is 1. The predicted octanol–water partition coefficient (Wildman–Crippen LogP) is 2.59. The lowest BCUT2D eigenvalue weighted by atomic mass is 9.91. The number of carbonyl (C=O) groups is 1. The Kier molecular flexibility index (Phi) is 4.58. The van der Waals surface area contributed by atoms with Crippen LogP contribution in [0.2, 0.25) is 0 Å². The monoisotopic (exact) mass is 342 g/mol. The Balaban J connectivity index is 2.18. The lowest BCUT2D eigenvalue weighted by molar-refractivity contribution is -0.137. The van der Waals surface area contributed by atoms with Crippen LogP contribution in [0.3, 0.4) is 0 Å². The minimum absolute atomic E-state index is 0.0117. The summed E-state index contributed by atoms with van der Waals surface area (Å²) >= 11 is 5.29. The SMILES string of the molecule is CN(C(=O)C(C)(N)c1ccc(Br)cc1)C1CCSC1. The molecule has 0 saturated carbocycles. The molecular formula is C14H19BrN2OS. The molecule has 1 amide bonds. The molecule has 1 aliphatic rings. The van der Waals surface area contributed by atoms with Crippen LogP contribution in [0.15, 0.2) is 28.7 Å². The van der Waals surface area contributed by atoms with Crippen LogP contribution in [0.4, 0.5) is 0 Å². The summed E-state index contributed by atoms with van der Waals surface area (Å²) in [6.45, 7) is 1.79. The predicted molar refractivity (Wildman–Crippen MR) is 84.2 cm³/mol. The van der Waals surface area contributed by atoms with Gasteiger partial charge in [-0.3, -0.25) is 4.79 Å². The highest BCUT2D eigenvalue weighted by atomic mass is 79.9. The second-order valence-electron chi connectivity index (χ2n) is 5.14. The van der Waals surface area contributed by atoms with Gasteiger partial charge in [-0.1, -0.05) is 28.1 Å². The zero-order valence-electron chi connectivity index (χ0n) is 11.2. The van der Waals surface area contributed by atoms with Crippen molar-refractivity contribution >= 4 is 33.6 Å². The van der Waals surface area contributed by atoms with E-state index in [1.165, 1.54) is 0 Å². The summed E-state index contributed by atoms with van der Waals surface area (Å²) in [5.74, 6) is 2.13. The van der Waals surface area contributed by atoms with Crippen molar-refractivity contribution in [3.05, 3.63) is 34.3 Å². The number of nitrogens with two attached hydrogens (primary N) is 1. The van der Waals surface area contributed by atoms with Gasteiger partial charge in [0.25, 0.3) is 0 Å². The summed E-state index contributed by atoms with van der Waals surface area (Å²) in [5.41, 5.74) is 6.16. The standard InChI is InChI=1S/C14H19BrN2OS/c1-14(16,10-3-5-11(15)6-4-10)13(18)17(2)12-7-8-19-9-12/h3-6,12H,7-9,16H2,1-2H3. The Bertz CT molecular complexity index is 455. The molecule has 5 heteroatoms. The smallest absolute Gasteiger partial charge is 0.246 e. The maximum atomic E-state index is 12.6. The van der Waals surface area contributed by atoms with Crippen molar-refractivity contribution in [3.8, 4) is 0 Å². The molecule has 1 aromatic carbocycles. The Morgan fingerprint density at radius 2 is 2.11 bits per heavy atom. The number of likely N-dealkylation sites (N-methyl/N-ethyl adjacent to an activating group) is 1. The van der Waals surface area contributed by atoms with Crippen molar-refractivity contribution < 1.29 is 4.79 Å². The molecule has 0 radical (unpaired) electrons. The lowest BCUT2D eigenvalue weighted by Crippen LogP contribution is -2.52. The van der Waals surface area contributed by atoms with E-state index in [0.29, 0.717) is 6.04 Å². The maximum Gasteiger partial charge on any atom is 0.246 e. The van der Waals surface area contributed by atoms with E-state index in [2.05, 4.69) is 15.9 Å². The quantitative estimate of drug-likeness (QED) is 0.918. The summed E-state index contributed by atoms with van der Waals surface area (Å²) in [5, 5.41) is 0. The van der Waals surface area contributed by atoms with E-state index in [1.54, 1.807) is 6.92 Å². The van der Waals surface area contributed by atoms with Crippen molar-refractivity contribution in [2.75, 3.05) is 18.6 Å². The molecule has 0 aliphatic carbocycles. The molecule has 1 aliphatic heterocycles. The molecule has 1 saturated heterocycles. The molecule has 19 heavy (non-hydrogen) atoms. The Morgan fingerprint density at radius 3 is 2.63 bits per heavy atom. The lowest BCUT2D eigenvalue weighted by Gasteiger charge is -2.33. The van der Waals surface area contributed by atoms with Crippen LogP contribution in [0.25, 0.3) is 0 Å². The Hall–Kier alpha value is -0.520. The molecule has 0 bridgehead atoms. The largest absolute Gasteiger partial charge is 0.340 e. The first kappa shape index (κ1) is 14.9. The fourth-order valence-corrected chi connectivity index (χ4v) is 3.81. The third kappa shape index (κ3) is 3.15. The zero-order chi connectivity index (χ0) is 14.0. The number of rotatable bonds is 3. The van der Waals surface area contributed by atoms with Gasteiger partial charge >= 0.3 is 0 Å². The average Bonchev–Trinajstić information content (AvgIpc) is 2.91. The van der Waals surface area contributed by atoms with Crippen molar-refractivity contribution in [2.24, 2.45) is 5.73 Å². The van der Waals surface area contributed by atoms with Gasteiger partial charge in [-0.05, 0) is 36.8 Å². The second-order valence-corrected chi connectivity index (χ2v) is 7.21. The highest BCUT2D eigenvalue weighted by molar-refractivity contribution is 9.10. The molecule has 2 unspecified atom stereocenters. The second kappa shape index (κ2) is 5.85. The van der Waals surface area contributed by atoms with Crippen molar-refractivity contribution in [3.63, 3.8) is 0 Å². The van der Waals surface area contributed by atoms with Crippen LogP contribution >= 0.6 is 27.7 Å². The number of halogens is 1. The molecule has 3 nitrogen and oxygen atoms in total. The van der Waals surface area contributed by atoms with Crippen molar-refractivity contribution in [1.29, 1.82) is 0 Å². The summed E-state index contributed by atoms with van der Waals surface area (Å²) in [4.78, 5) is 14.4. The van der Waals surface area contributed by atoms with Crippen LogP contribution in [-0.2, 0) is 10.3 Å². The van der Waals surface area contributed by atoms with E-state index in [1.807, 2.05) is 48.0 Å². The van der Waals surface area contributed by atoms with E-state index in [4.69, 9.17) is 5.73 Å². The highest BCUT2D eigenvalue weighted by Crippen LogP contribution is 2.27. The normalized spacial score (nSPS) is 22.0. The highest BCUT2D eigenvalue weighted by Gasteiger charge is 2.36. The van der Waals surface area contributed by atoms with E-state index >= 15 is 0 Å². The minimum Gasteiger partial charge on any atom is -0.340 e. The van der Waals surface area contributed by atoms with E-state index in [0.717, 1.165) is 28.0 Å². The van der Waals surface area contributed by atoms with Gasteiger partial charge in [0.2, 0.25) is 5.91 Å². The number of benzene rings is 1. The van der Waals surface area contributed by atoms with Crippen LogP contribution < -0.4 is 5.73 Å². The van der Waals surface area contributed by atoms with Gasteiger partial charge in [0.05, 0.1) is 0 Å². The summed E-state index contributed by atoms with van der Waals surface area (Å²) in [6, 6.07) is 7.95. The van der Waals surface area contributed by atoms with Gasteiger partial charge in [0, 0.05) is 23.3 Å². The van der Waals surface area contributed by atoms with Gasteiger partial charge in [-0.15, -0.1) is 0 Å². The van der Waals surface area contributed by atoms with Gasteiger partial charge in [-0.25, -0.2) is 0 Å². The summed E-state index contributed by atoms with van der Waals surface area (Å²) < 4.78 is 0.986. The Morgan fingerprint density at radius 1 is 1.47 bits per heavy atom. The molecule has 1 aromatic rings. The number of carbonyl (C=O) groups excluding carboxylic acids is 1. The maximum absolute atomic E-state index is 12.6.